The highest BCUT2D eigenvalue weighted by molar-refractivity contribution is 9.10. The number of benzene rings is 2. The monoisotopic (exact) mass is 406 g/mol. The van der Waals surface area contributed by atoms with Crippen molar-refractivity contribution in [3.8, 4) is 0 Å². The van der Waals surface area contributed by atoms with Crippen molar-refractivity contribution in [2.24, 2.45) is 0 Å². The zero-order valence-corrected chi connectivity index (χ0v) is 14.7. The maximum Gasteiger partial charge on any atom is 0.295 e. The van der Waals surface area contributed by atoms with Gasteiger partial charge in [-0.3, -0.25) is 14.5 Å². The molecule has 3 rings (SSSR count). The molecule has 1 N–H and O–H groups in total. The Hall–Kier alpha value is -2.12. The van der Waals surface area contributed by atoms with E-state index >= 15 is 0 Å². The Balaban J connectivity index is 1.72. The molecule has 2 aromatic carbocycles. The molecule has 0 aromatic heterocycles. The number of imide groups is 1. The second-order valence-electron chi connectivity index (χ2n) is 4.97. The molecule has 2 amide bonds. The van der Waals surface area contributed by atoms with Gasteiger partial charge in [0, 0.05) is 15.7 Å². The number of thioether (sulfide) groups is 1. The van der Waals surface area contributed by atoms with Crippen molar-refractivity contribution in [2.75, 3.05) is 12.0 Å². The van der Waals surface area contributed by atoms with Gasteiger partial charge in [0.1, 0.15) is 5.82 Å². The number of halogens is 2. The molecular formula is C17H12BrFN2O2S. The van der Waals surface area contributed by atoms with Crippen molar-refractivity contribution in [3.05, 3.63) is 69.3 Å². The van der Waals surface area contributed by atoms with Gasteiger partial charge in [-0.05, 0) is 48.2 Å². The van der Waals surface area contributed by atoms with E-state index in [0.717, 1.165) is 26.8 Å². The lowest BCUT2D eigenvalue weighted by Gasteiger charge is -2.14. The van der Waals surface area contributed by atoms with Crippen molar-refractivity contribution in [1.82, 2.24) is 4.90 Å². The minimum Gasteiger partial charge on any atom is -0.367 e. The fourth-order valence-electron chi connectivity index (χ4n) is 2.11. The van der Waals surface area contributed by atoms with Crippen LogP contribution >= 0.6 is 27.7 Å². The van der Waals surface area contributed by atoms with Gasteiger partial charge in [-0.1, -0.05) is 34.1 Å². The quantitative estimate of drug-likeness (QED) is 0.747. The third-order valence-corrected chi connectivity index (χ3v) is 4.79. The maximum atomic E-state index is 13.7. The standard InChI is InChI=1S/C17H12BrFN2O2S/c18-12-5-7-13(8-6-12)20-10-21-16(22)15(24-17(21)23)9-11-3-1-2-4-14(11)19/h1-9,20H,10H2. The van der Waals surface area contributed by atoms with Gasteiger partial charge < -0.3 is 5.32 Å². The first-order valence-corrected chi connectivity index (χ1v) is 8.65. The van der Waals surface area contributed by atoms with Crippen LogP contribution < -0.4 is 5.32 Å². The molecule has 0 atom stereocenters. The first-order valence-electron chi connectivity index (χ1n) is 7.04. The highest BCUT2D eigenvalue weighted by Crippen LogP contribution is 2.32. The topological polar surface area (TPSA) is 49.4 Å². The van der Waals surface area contributed by atoms with Gasteiger partial charge in [-0.25, -0.2) is 4.39 Å². The van der Waals surface area contributed by atoms with Crippen LogP contribution in [0.3, 0.4) is 0 Å². The van der Waals surface area contributed by atoms with E-state index in [1.54, 1.807) is 18.2 Å². The molecule has 4 nitrogen and oxygen atoms in total. The number of hydrogen-bond acceptors (Lipinski definition) is 4. The van der Waals surface area contributed by atoms with Crippen LogP contribution in [-0.4, -0.2) is 22.7 Å². The summed E-state index contributed by atoms with van der Waals surface area (Å²) in [4.78, 5) is 25.7. The number of carbonyl (C=O) groups is 2. The molecule has 2 aromatic rings. The van der Waals surface area contributed by atoms with E-state index in [1.165, 1.54) is 12.1 Å². The van der Waals surface area contributed by atoms with Crippen molar-refractivity contribution < 1.29 is 14.0 Å². The van der Waals surface area contributed by atoms with Crippen LogP contribution in [0.4, 0.5) is 14.9 Å². The van der Waals surface area contributed by atoms with Crippen LogP contribution in [0.15, 0.2) is 57.9 Å². The van der Waals surface area contributed by atoms with E-state index in [-0.39, 0.29) is 22.4 Å². The second-order valence-corrected chi connectivity index (χ2v) is 6.88. The summed E-state index contributed by atoms with van der Waals surface area (Å²) in [6.45, 7) is 0.0565. The number of carbonyl (C=O) groups excluding carboxylic acids is 2. The van der Waals surface area contributed by atoms with Gasteiger partial charge in [0.15, 0.2) is 0 Å². The van der Waals surface area contributed by atoms with Crippen molar-refractivity contribution in [3.63, 3.8) is 0 Å². The van der Waals surface area contributed by atoms with Crippen LogP contribution in [0, 0.1) is 5.82 Å². The molecule has 0 unspecified atom stereocenters. The SMILES string of the molecule is O=C1SC(=Cc2ccccc2F)C(=O)N1CNc1ccc(Br)cc1. The van der Waals surface area contributed by atoms with Crippen LogP contribution in [0.25, 0.3) is 6.08 Å². The van der Waals surface area contributed by atoms with Crippen LogP contribution in [0.5, 0.6) is 0 Å². The summed E-state index contributed by atoms with van der Waals surface area (Å²) < 4.78 is 14.6. The average molecular weight is 407 g/mol. The minimum absolute atomic E-state index is 0.0565. The molecule has 0 bridgehead atoms. The predicted octanol–water partition coefficient (Wildman–Crippen LogP) is 4.69. The zero-order valence-electron chi connectivity index (χ0n) is 12.3. The molecule has 0 spiro atoms. The molecule has 1 fully saturated rings. The van der Waals surface area contributed by atoms with E-state index in [2.05, 4.69) is 21.2 Å². The molecule has 1 aliphatic rings. The summed E-state index contributed by atoms with van der Waals surface area (Å²) >= 11 is 4.15. The van der Waals surface area contributed by atoms with Gasteiger partial charge in [0.05, 0.1) is 11.6 Å². The summed E-state index contributed by atoms with van der Waals surface area (Å²) in [5, 5.41) is 2.64. The summed E-state index contributed by atoms with van der Waals surface area (Å²) in [6, 6.07) is 13.5. The number of nitrogens with one attached hydrogen (secondary N) is 1. The van der Waals surface area contributed by atoms with E-state index in [1.807, 2.05) is 24.3 Å². The molecular weight excluding hydrogens is 395 g/mol. The lowest BCUT2D eigenvalue weighted by atomic mass is 10.2. The maximum absolute atomic E-state index is 13.7. The number of nitrogens with zero attached hydrogens (tertiary/aromatic N) is 1. The Morgan fingerprint density at radius 3 is 2.54 bits per heavy atom. The molecule has 0 aliphatic carbocycles. The van der Waals surface area contributed by atoms with Crippen molar-refractivity contribution in [2.45, 2.75) is 0 Å². The first-order chi connectivity index (χ1) is 11.5. The fourth-order valence-corrected chi connectivity index (χ4v) is 3.20. The zero-order chi connectivity index (χ0) is 17.1. The Bertz CT molecular complexity index is 824. The molecule has 122 valence electrons. The lowest BCUT2D eigenvalue weighted by Crippen LogP contribution is -2.33. The van der Waals surface area contributed by atoms with E-state index in [4.69, 9.17) is 0 Å². The van der Waals surface area contributed by atoms with Crippen LogP contribution in [0.1, 0.15) is 5.56 Å². The Kier molecular flexibility index (Phi) is 5.01. The Morgan fingerprint density at radius 2 is 1.83 bits per heavy atom. The van der Waals surface area contributed by atoms with Crippen LogP contribution in [-0.2, 0) is 4.79 Å². The smallest absolute Gasteiger partial charge is 0.295 e. The fraction of sp³-hybridized carbons (Fsp3) is 0.0588. The summed E-state index contributed by atoms with van der Waals surface area (Å²) in [5.41, 5.74) is 1.07. The minimum atomic E-state index is -0.433. The molecule has 1 heterocycles. The number of anilines is 1. The molecule has 24 heavy (non-hydrogen) atoms. The predicted molar refractivity (Wildman–Crippen MR) is 96.8 cm³/mol. The van der Waals surface area contributed by atoms with E-state index in [9.17, 15) is 14.0 Å². The van der Waals surface area contributed by atoms with Gasteiger partial charge in [-0.15, -0.1) is 0 Å². The second kappa shape index (κ2) is 7.19. The highest BCUT2D eigenvalue weighted by Gasteiger charge is 2.34. The van der Waals surface area contributed by atoms with Gasteiger partial charge in [0.2, 0.25) is 0 Å². The largest absolute Gasteiger partial charge is 0.367 e. The Labute approximate surface area is 150 Å². The third kappa shape index (κ3) is 3.68. The summed E-state index contributed by atoms with van der Waals surface area (Å²) in [7, 11) is 0. The first kappa shape index (κ1) is 16.7. The Morgan fingerprint density at radius 1 is 1.12 bits per heavy atom. The summed E-state index contributed by atoms with van der Waals surface area (Å²) in [6.07, 6.45) is 1.40. The van der Waals surface area contributed by atoms with Crippen molar-refractivity contribution >= 4 is 50.6 Å². The van der Waals surface area contributed by atoms with E-state index in [0.29, 0.717) is 0 Å². The average Bonchev–Trinajstić information content (AvgIpc) is 2.83. The number of hydrogen-bond donors (Lipinski definition) is 1. The molecule has 7 heteroatoms. The number of amides is 2. The highest BCUT2D eigenvalue weighted by atomic mass is 79.9. The third-order valence-electron chi connectivity index (χ3n) is 3.35. The molecule has 0 saturated carbocycles. The molecule has 1 aliphatic heterocycles. The van der Waals surface area contributed by atoms with E-state index < -0.39 is 11.7 Å². The van der Waals surface area contributed by atoms with Gasteiger partial charge in [0.25, 0.3) is 11.1 Å². The summed E-state index contributed by atoms with van der Waals surface area (Å²) in [5.74, 6) is -0.866. The number of rotatable bonds is 4. The lowest BCUT2D eigenvalue weighted by molar-refractivity contribution is -0.122. The molecule has 1 saturated heterocycles. The molecule has 0 radical (unpaired) electrons. The normalized spacial score (nSPS) is 16.1. The van der Waals surface area contributed by atoms with Crippen LogP contribution in [0.2, 0.25) is 0 Å². The van der Waals surface area contributed by atoms with Gasteiger partial charge >= 0.3 is 0 Å². The van der Waals surface area contributed by atoms with Crippen molar-refractivity contribution in [1.29, 1.82) is 0 Å². The van der Waals surface area contributed by atoms with Gasteiger partial charge in [-0.2, -0.15) is 0 Å².